The van der Waals surface area contributed by atoms with Crippen LogP contribution in [0.15, 0.2) is 11.4 Å². The first kappa shape index (κ1) is 16.8. The summed E-state index contributed by atoms with van der Waals surface area (Å²) in [6, 6.07) is 2.27. The molecular weight excluding hydrogens is 308 g/mol. The fourth-order valence-corrected chi connectivity index (χ4v) is 4.97. The highest BCUT2D eigenvalue weighted by atomic mass is 32.1. The molecule has 128 valence electrons. The zero-order valence-electron chi connectivity index (χ0n) is 14.6. The van der Waals surface area contributed by atoms with Crippen LogP contribution in [0.25, 0.3) is 0 Å². The van der Waals surface area contributed by atoms with E-state index in [1.807, 2.05) is 32.1 Å². The van der Waals surface area contributed by atoms with E-state index in [9.17, 15) is 4.79 Å². The molecule has 1 aromatic rings. The average molecular weight is 337 g/mol. The number of rotatable bonds is 1. The van der Waals surface area contributed by atoms with Crippen LogP contribution in [0.4, 0.5) is 4.79 Å². The van der Waals surface area contributed by atoms with Gasteiger partial charge in [-0.05, 0) is 76.8 Å². The Balaban J connectivity index is 1.66. The molecule has 1 saturated carbocycles. The van der Waals surface area contributed by atoms with Gasteiger partial charge in [-0.1, -0.05) is 0 Å². The van der Waals surface area contributed by atoms with Gasteiger partial charge in [-0.3, -0.25) is 0 Å². The summed E-state index contributed by atoms with van der Waals surface area (Å²) >= 11 is 1.88. The first-order valence-corrected chi connectivity index (χ1v) is 9.43. The Morgan fingerprint density at radius 1 is 1.30 bits per heavy atom. The second-order valence-electron chi connectivity index (χ2n) is 8.22. The molecule has 4 nitrogen and oxygen atoms in total. The lowest BCUT2D eigenvalue weighted by Gasteiger charge is -2.47. The Kier molecular flexibility index (Phi) is 4.21. The molecule has 0 saturated heterocycles. The number of nitrogens with one attached hydrogen (secondary N) is 2. The normalized spacial score (nSPS) is 30.8. The van der Waals surface area contributed by atoms with Crippen LogP contribution in [0.3, 0.4) is 0 Å². The highest BCUT2D eigenvalue weighted by molar-refractivity contribution is 7.10. The maximum absolute atomic E-state index is 12.1. The van der Waals surface area contributed by atoms with E-state index in [0.29, 0.717) is 0 Å². The zero-order valence-corrected chi connectivity index (χ0v) is 15.4. The van der Waals surface area contributed by atoms with Crippen molar-refractivity contribution in [3.8, 4) is 0 Å². The van der Waals surface area contributed by atoms with Gasteiger partial charge >= 0.3 is 6.09 Å². The van der Waals surface area contributed by atoms with Gasteiger partial charge in [0.2, 0.25) is 0 Å². The van der Waals surface area contributed by atoms with Crippen molar-refractivity contribution in [2.24, 2.45) is 0 Å². The van der Waals surface area contributed by atoms with E-state index in [4.69, 9.17) is 4.74 Å². The molecule has 1 spiro atoms. The second kappa shape index (κ2) is 5.78. The van der Waals surface area contributed by atoms with E-state index >= 15 is 0 Å². The molecule has 0 unspecified atom stereocenters. The van der Waals surface area contributed by atoms with Gasteiger partial charge in [0.25, 0.3) is 0 Å². The van der Waals surface area contributed by atoms with E-state index < -0.39 is 5.60 Å². The van der Waals surface area contributed by atoms with E-state index in [0.717, 1.165) is 38.6 Å². The Labute approximate surface area is 143 Å². The zero-order chi connectivity index (χ0) is 16.7. The lowest BCUT2D eigenvalue weighted by atomic mass is 9.70. The number of thiophene rings is 1. The van der Waals surface area contributed by atoms with Crippen molar-refractivity contribution in [2.45, 2.75) is 76.5 Å². The van der Waals surface area contributed by atoms with Crippen LogP contribution in [0.2, 0.25) is 0 Å². The van der Waals surface area contributed by atoms with Gasteiger partial charge in [0, 0.05) is 17.0 Å². The Bertz CT molecular complexity index is 580. The predicted octanol–water partition coefficient (Wildman–Crippen LogP) is 3.95. The van der Waals surface area contributed by atoms with Crippen molar-refractivity contribution in [3.05, 3.63) is 21.9 Å². The summed E-state index contributed by atoms with van der Waals surface area (Å²) in [6.07, 6.45) is 4.89. The minimum absolute atomic E-state index is 0.122. The maximum Gasteiger partial charge on any atom is 0.408 e. The van der Waals surface area contributed by atoms with Crippen LogP contribution in [-0.2, 0) is 16.7 Å². The van der Waals surface area contributed by atoms with Gasteiger partial charge in [-0.25, -0.2) is 4.79 Å². The molecule has 0 aromatic carbocycles. The molecule has 1 fully saturated rings. The number of amides is 1. The molecule has 2 N–H and O–H groups in total. The maximum atomic E-state index is 12.1. The topological polar surface area (TPSA) is 50.4 Å². The van der Waals surface area contributed by atoms with Crippen LogP contribution < -0.4 is 10.6 Å². The van der Waals surface area contributed by atoms with E-state index in [-0.39, 0.29) is 17.2 Å². The number of alkyl carbamates (subject to hydrolysis) is 1. The minimum Gasteiger partial charge on any atom is -0.444 e. The molecule has 5 heteroatoms. The molecule has 0 radical (unpaired) electrons. The lowest BCUT2D eigenvalue weighted by molar-refractivity contribution is 0.0402. The molecule has 2 heterocycles. The average Bonchev–Trinajstić information content (AvgIpc) is 2.90. The van der Waals surface area contributed by atoms with Gasteiger partial charge in [0.05, 0.1) is 5.54 Å². The molecule has 2 aliphatic rings. The number of hydrogen-bond acceptors (Lipinski definition) is 4. The largest absolute Gasteiger partial charge is 0.444 e. The van der Waals surface area contributed by atoms with Crippen molar-refractivity contribution in [1.29, 1.82) is 0 Å². The number of carbonyl (C=O) groups is 1. The van der Waals surface area contributed by atoms with Crippen LogP contribution in [0.1, 0.15) is 63.8 Å². The summed E-state index contributed by atoms with van der Waals surface area (Å²) in [4.78, 5) is 13.6. The molecule has 1 aliphatic carbocycles. The molecule has 1 amide bonds. The number of hydrogen-bond donors (Lipinski definition) is 2. The Morgan fingerprint density at radius 3 is 2.65 bits per heavy atom. The van der Waals surface area contributed by atoms with Crippen LogP contribution >= 0.6 is 11.3 Å². The molecule has 23 heavy (non-hydrogen) atoms. The lowest BCUT2D eigenvalue weighted by Crippen LogP contribution is -2.56. The van der Waals surface area contributed by atoms with Crippen molar-refractivity contribution < 1.29 is 9.53 Å². The Hall–Kier alpha value is -1.07. The standard InChI is InChI=1S/C18H28N2O2S/c1-16(2,3)22-15(21)20-17(4)7-9-18(10-8-17)14-13(5-11-19-18)6-12-23-14/h6,12,19H,5,7-11H2,1-4H3,(H,20,21). The summed E-state index contributed by atoms with van der Waals surface area (Å²) in [7, 11) is 0. The Morgan fingerprint density at radius 2 is 2.00 bits per heavy atom. The monoisotopic (exact) mass is 336 g/mol. The van der Waals surface area contributed by atoms with Crippen molar-refractivity contribution >= 4 is 17.4 Å². The van der Waals surface area contributed by atoms with E-state index in [1.165, 1.54) is 10.4 Å². The third-order valence-electron chi connectivity index (χ3n) is 5.05. The minimum atomic E-state index is -0.451. The number of fused-ring (bicyclic) bond motifs is 2. The van der Waals surface area contributed by atoms with E-state index in [1.54, 1.807) is 0 Å². The molecule has 1 aromatic heterocycles. The van der Waals surface area contributed by atoms with Crippen LogP contribution in [0, 0.1) is 0 Å². The molecule has 1 aliphatic heterocycles. The summed E-state index contributed by atoms with van der Waals surface area (Å²) in [5, 5.41) is 9.09. The fraction of sp³-hybridized carbons (Fsp3) is 0.722. The summed E-state index contributed by atoms with van der Waals surface area (Å²) < 4.78 is 5.42. The first-order chi connectivity index (χ1) is 10.7. The summed E-state index contributed by atoms with van der Waals surface area (Å²) in [5.41, 5.74) is 1.01. The SMILES string of the molecule is CC1(NC(=O)OC(C)(C)C)CCC2(CC1)NCCc1ccsc12. The number of carbonyl (C=O) groups excluding carboxylic acids is 1. The smallest absolute Gasteiger partial charge is 0.408 e. The van der Waals surface area contributed by atoms with Crippen LogP contribution in [0.5, 0.6) is 0 Å². The summed E-state index contributed by atoms with van der Waals surface area (Å²) in [5.74, 6) is 0. The van der Waals surface area contributed by atoms with E-state index in [2.05, 4.69) is 29.0 Å². The first-order valence-electron chi connectivity index (χ1n) is 8.55. The van der Waals surface area contributed by atoms with Crippen molar-refractivity contribution in [3.63, 3.8) is 0 Å². The van der Waals surface area contributed by atoms with Crippen molar-refractivity contribution in [1.82, 2.24) is 10.6 Å². The summed E-state index contributed by atoms with van der Waals surface area (Å²) in [6.45, 7) is 8.89. The quantitative estimate of drug-likeness (QED) is 0.816. The van der Waals surface area contributed by atoms with Crippen LogP contribution in [-0.4, -0.2) is 23.8 Å². The molecule has 3 rings (SSSR count). The molecule has 0 bridgehead atoms. The predicted molar refractivity (Wildman–Crippen MR) is 93.9 cm³/mol. The van der Waals surface area contributed by atoms with Gasteiger partial charge < -0.3 is 15.4 Å². The van der Waals surface area contributed by atoms with Gasteiger partial charge in [-0.2, -0.15) is 0 Å². The molecular formula is C18H28N2O2S. The highest BCUT2D eigenvalue weighted by Crippen LogP contribution is 2.46. The molecule has 0 atom stereocenters. The van der Waals surface area contributed by atoms with Crippen molar-refractivity contribution in [2.75, 3.05) is 6.54 Å². The van der Waals surface area contributed by atoms with Gasteiger partial charge in [0.15, 0.2) is 0 Å². The highest BCUT2D eigenvalue weighted by Gasteiger charge is 2.45. The number of ether oxygens (including phenoxy) is 1. The fourth-order valence-electron chi connectivity index (χ4n) is 3.78. The third kappa shape index (κ3) is 3.56. The second-order valence-corrected chi connectivity index (χ2v) is 9.14. The van der Waals surface area contributed by atoms with Gasteiger partial charge in [0.1, 0.15) is 5.60 Å². The third-order valence-corrected chi connectivity index (χ3v) is 6.21. The van der Waals surface area contributed by atoms with Gasteiger partial charge in [-0.15, -0.1) is 11.3 Å².